The summed E-state index contributed by atoms with van der Waals surface area (Å²) in [4.78, 5) is 63.3. The minimum Gasteiger partial charge on any atom is -0.502 e. The van der Waals surface area contributed by atoms with Crippen LogP contribution in [-0.2, 0) is 29.3 Å². The summed E-state index contributed by atoms with van der Waals surface area (Å²) in [6.07, 6.45) is 3.98. The summed E-state index contributed by atoms with van der Waals surface area (Å²) in [5, 5.41) is 11.0. The Hall–Kier alpha value is -6.00. The van der Waals surface area contributed by atoms with Crippen molar-refractivity contribution < 1.29 is 38.5 Å². The topological polar surface area (TPSA) is 123 Å². The number of Topliss-reactive ketones (excluding diaryl/α,β-unsaturated/α-hetero) is 1. The van der Waals surface area contributed by atoms with Gasteiger partial charge in [-0.05, 0) is 77.9 Å². The van der Waals surface area contributed by atoms with E-state index in [1.165, 1.54) is 25.2 Å². The molecule has 56 heavy (non-hydrogen) atoms. The highest BCUT2D eigenvalue weighted by molar-refractivity contribution is 6.32. The van der Waals surface area contributed by atoms with Crippen LogP contribution in [0.3, 0.4) is 0 Å². The number of hydrogen-bond acceptors (Lipinski definition) is 9. The maximum Gasteiger partial charge on any atom is 0.238 e. The van der Waals surface area contributed by atoms with Crippen molar-refractivity contribution in [1.29, 1.82) is 0 Å². The van der Waals surface area contributed by atoms with Crippen LogP contribution in [0.1, 0.15) is 35.4 Å². The maximum absolute atomic E-state index is 15.3. The van der Waals surface area contributed by atoms with Gasteiger partial charge < -0.3 is 24.2 Å². The van der Waals surface area contributed by atoms with Gasteiger partial charge in [-0.15, -0.1) is 0 Å². The quantitative estimate of drug-likeness (QED) is 0.172. The number of ether oxygens (including phenoxy) is 3. The van der Waals surface area contributed by atoms with Crippen LogP contribution in [0, 0.1) is 23.7 Å². The summed E-state index contributed by atoms with van der Waals surface area (Å²) < 4.78 is 16.8. The lowest BCUT2D eigenvalue weighted by molar-refractivity contribution is -0.135. The van der Waals surface area contributed by atoms with Crippen molar-refractivity contribution in [2.24, 2.45) is 23.7 Å². The lowest BCUT2D eigenvalue weighted by Crippen LogP contribution is -2.58. The van der Waals surface area contributed by atoms with E-state index in [9.17, 15) is 14.7 Å². The molecule has 0 unspecified atom stereocenters. The smallest absolute Gasteiger partial charge is 0.238 e. The summed E-state index contributed by atoms with van der Waals surface area (Å²) in [5.41, 5.74) is 3.09. The van der Waals surface area contributed by atoms with Gasteiger partial charge in [-0.1, -0.05) is 72.3 Å². The van der Waals surface area contributed by atoms with Crippen LogP contribution in [0.15, 0.2) is 115 Å². The number of benzene rings is 4. The molecule has 2 aliphatic heterocycles. The van der Waals surface area contributed by atoms with Crippen molar-refractivity contribution in [2.75, 3.05) is 50.3 Å². The first-order valence-corrected chi connectivity index (χ1v) is 19.1. The van der Waals surface area contributed by atoms with Crippen molar-refractivity contribution in [3.8, 4) is 17.2 Å². The first kappa shape index (κ1) is 35.7. The number of allylic oxidation sites excluding steroid dienone is 4. The molecule has 10 heteroatoms. The van der Waals surface area contributed by atoms with Crippen LogP contribution in [0.5, 0.6) is 17.2 Å². The van der Waals surface area contributed by atoms with E-state index in [1.54, 1.807) is 12.1 Å². The largest absolute Gasteiger partial charge is 0.502 e. The van der Waals surface area contributed by atoms with Crippen LogP contribution >= 0.6 is 0 Å². The Morgan fingerprint density at radius 3 is 2.04 bits per heavy atom. The number of nitrogens with zero attached hydrogens (tertiary/aromatic N) is 2. The molecule has 3 aliphatic carbocycles. The zero-order chi connectivity index (χ0) is 38.7. The number of fused-ring (bicyclic) bond motifs is 4. The number of phenolic OH excluding ortho intramolecular Hbond substituents is 1. The Balaban J connectivity index is 1.21. The third kappa shape index (κ3) is 5.33. The third-order valence-corrected chi connectivity index (χ3v) is 12.7. The van der Waals surface area contributed by atoms with Crippen molar-refractivity contribution in [3.63, 3.8) is 0 Å². The first-order valence-electron chi connectivity index (χ1n) is 19.1. The van der Waals surface area contributed by atoms with E-state index >= 15 is 9.59 Å². The molecule has 4 aromatic carbocycles. The number of carbonyl (C=O) groups is 4. The molecule has 4 aromatic rings. The monoisotopic (exact) mass is 750 g/mol. The number of phenols is 1. The van der Waals surface area contributed by atoms with E-state index in [1.807, 2.05) is 91.0 Å². The van der Waals surface area contributed by atoms with Crippen LogP contribution in [0.2, 0.25) is 0 Å². The molecule has 1 saturated carbocycles. The normalized spacial score (nSPS) is 27.2. The molecule has 284 valence electrons. The second kappa shape index (κ2) is 13.9. The van der Waals surface area contributed by atoms with E-state index in [2.05, 4.69) is 4.90 Å². The summed E-state index contributed by atoms with van der Waals surface area (Å²) in [6, 6.07) is 29.5. The van der Waals surface area contributed by atoms with Crippen LogP contribution in [-0.4, -0.2) is 69.0 Å². The number of amides is 2. The third-order valence-electron chi connectivity index (χ3n) is 12.7. The van der Waals surface area contributed by atoms with Gasteiger partial charge in [0.25, 0.3) is 0 Å². The lowest BCUT2D eigenvalue weighted by Gasteiger charge is -2.55. The molecule has 0 spiro atoms. The number of morpholine rings is 1. The summed E-state index contributed by atoms with van der Waals surface area (Å²) in [6.45, 7) is 2.79. The average Bonchev–Trinajstić information content (AvgIpc) is 3.51. The van der Waals surface area contributed by atoms with E-state index in [0.29, 0.717) is 41.2 Å². The van der Waals surface area contributed by atoms with E-state index < -0.39 is 35.0 Å². The number of carbonyl (C=O) groups excluding carboxylic acids is 4. The van der Waals surface area contributed by atoms with Gasteiger partial charge in [0.05, 0.1) is 50.4 Å². The highest BCUT2D eigenvalue weighted by Crippen LogP contribution is 2.64. The van der Waals surface area contributed by atoms with Crippen molar-refractivity contribution in [3.05, 3.63) is 131 Å². The fourth-order valence-electron chi connectivity index (χ4n) is 10.2. The Morgan fingerprint density at radius 2 is 1.39 bits per heavy atom. The molecule has 0 bridgehead atoms. The van der Waals surface area contributed by atoms with Gasteiger partial charge in [0, 0.05) is 36.2 Å². The Morgan fingerprint density at radius 1 is 0.768 bits per heavy atom. The van der Waals surface area contributed by atoms with Crippen LogP contribution in [0.25, 0.3) is 5.57 Å². The summed E-state index contributed by atoms with van der Waals surface area (Å²) in [5.74, 6) is -4.55. The number of hydrogen-bond donors (Lipinski definition) is 1. The predicted octanol–water partition coefficient (Wildman–Crippen LogP) is 6.28. The average molecular weight is 751 g/mol. The molecule has 3 fully saturated rings. The zero-order valence-corrected chi connectivity index (χ0v) is 31.2. The number of imide groups is 1. The summed E-state index contributed by atoms with van der Waals surface area (Å²) >= 11 is 0. The molecule has 0 aromatic heterocycles. The van der Waals surface area contributed by atoms with Gasteiger partial charge in [-0.2, -0.15) is 0 Å². The fourth-order valence-corrected chi connectivity index (χ4v) is 10.2. The van der Waals surface area contributed by atoms with Crippen molar-refractivity contribution in [2.45, 2.75) is 24.2 Å². The standard InChI is InChI=1S/C46H42N2O8/c1-54-37-23-28(24-38(55-2)43(37)51)41-32-17-18-33-40(45(53)48(44(33)52)31-15-13-30(14-16-31)47-19-21-56-22-20-47)35(32)25-36-42(50)34(27-9-5-3-6-10-27)26-39(49)46(36,41)29-11-7-4-8-12-29/h3-17,23-24,26,33,35-36,40-41,51H,18-22,25H2,1-2H3/t33-,35+,36-,40-,41-,46-/m0/s1. The Bertz CT molecular complexity index is 2270. The fraction of sp³-hybridized carbons (Fsp3) is 0.304. The van der Waals surface area contributed by atoms with Gasteiger partial charge >= 0.3 is 0 Å². The van der Waals surface area contributed by atoms with Gasteiger partial charge in [0.2, 0.25) is 17.6 Å². The summed E-state index contributed by atoms with van der Waals surface area (Å²) in [7, 11) is 2.88. The molecule has 2 amide bonds. The van der Waals surface area contributed by atoms with Gasteiger partial charge in [0.15, 0.2) is 23.1 Å². The molecule has 2 heterocycles. The van der Waals surface area contributed by atoms with E-state index in [-0.39, 0.29) is 53.5 Å². The SMILES string of the molecule is COc1cc([C@H]2C3=CC[C@@H]4C(=O)N(c5ccc(N6CCOCC6)cc5)C(=O)[C@@H]4[C@@H]3C[C@H]3C(=O)C(c4ccccc4)=CC(=O)[C@@]23c2ccccc2)cc(OC)c1O. The number of rotatable bonds is 7. The van der Waals surface area contributed by atoms with Gasteiger partial charge in [0.1, 0.15) is 0 Å². The van der Waals surface area contributed by atoms with Crippen molar-refractivity contribution >= 4 is 40.3 Å². The van der Waals surface area contributed by atoms with E-state index in [0.717, 1.165) is 24.4 Å². The molecule has 0 radical (unpaired) electrons. The molecule has 10 nitrogen and oxygen atoms in total. The predicted molar refractivity (Wildman–Crippen MR) is 210 cm³/mol. The second-order valence-corrected chi connectivity index (χ2v) is 15.2. The first-order chi connectivity index (χ1) is 27.3. The Kier molecular flexibility index (Phi) is 8.88. The van der Waals surface area contributed by atoms with Gasteiger partial charge in [-0.25, -0.2) is 0 Å². The number of anilines is 2. The van der Waals surface area contributed by atoms with Crippen molar-refractivity contribution in [1.82, 2.24) is 0 Å². The Labute approximate surface area is 325 Å². The van der Waals surface area contributed by atoms with Crippen LogP contribution in [0.4, 0.5) is 11.4 Å². The maximum atomic E-state index is 15.3. The highest BCUT2D eigenvalue weighted by Gasteiger charge is 2.66. The highest BCUT2D eigenvalue weighted by atomic mass is 16.5. The molecule has 5 aliphatic rings. The number of ketones is 2. The molecular weight excluding hydrogens is 709 g/mol. The van der Waals surface area contributed by atoms with E-state index in [4.69, 9.17) is 14.2 Å². The van der Waals surface area contributed by atoms with Crippen LogP contribution < -0.4 is 19.3 Å². The zero-order valence-electron chi connectivity index (χ0n) is 31.2. The molecule has 2 saturated heterocycles. The lowest BCUT2D eigenvalue weighted by atomic mass is 9.44. The number of aromatic hydroxyl groups is 1. The number of methoxy groups -OCH3 is 2. The molecule has 9 rings (SSSR count). The molecule has 1 N–H and O–H groups in total. The molecule has 6 atom stereocenters. The molecular formula is C46H42N2O8. The second-order valence-electron chi connectivity index (χ2n) is 15.2. The van der Waals surface area contributed by atoms with Gasteiger partial charge in [-0.3, -0.25) is 24.1 Å². The minimum absolute atomic E-state index is 0.143. The minimum atomic E-state index is -1.43.